The number of quaternary nitrogens is 1. The number of esters is 1. The number of carbonyl (C=O) groups is 1. The molecule has 9 heteroatoms. The standard InChI is InChI=1S/C56H102NO7P/c1-6-8-10-12-14-16-18-20-22-24-26-28-29-30-31-33-35-37-39-41-43-45-47-49-56(58)64-55(54-63-65(59,60)62-52-50-57(3,4)5)53-61-51-48-46-44-42-40-38-36-34-32-27-25-23-21-19-17-15-13-11-9-7-2/h8,10,14,16,20,22,26,28,30-31,35,37,55H,6-7,9,11-13,15,17-19,21,23-25,27,29,32-34,36,38-54H2,1-5H3/p+1/b10-8-,16-14-,22-20-,28-26-,31-30-,37-35-. The van der Waals surface area contributed by atoms with Crippen LogP contribution in [0.15, 0.2) is 72.9 Å². The summed E-state index contributed by atoms with van der Waals surface area (Å²) in [5.41, 5.74) is 0. The number of likely N-dealkylation sites (N-methyl/N-ethyl adjacent to an activating group) is 1. The van der Waals surface area contributed by atoms with Crippen LogP contribution in [0.2, 0.25) is 0 Å². The van der Waals surface area contributed by atoms with Crippen LogP contribution in [0.4, 0.5) is 0 Å². The zero-order valence-electron chi connectivity index (χ0n) is 43.0. The first-order valence-electron chi connectivity index (χ1n) is 26.7. The Labute approximate surface area is 402 Å². The fourth-order valence-electron chi connectivity index (χ4n) is 7.20. The lowest BCUT2D eigenvalue weighted by Crippen LogP contribution is -2.37. The number of phosphoric acid groups is 1. The quantitative estimate of drug-likeness (QED) is 0.0214. The van der Waals surface area contributed by atoms with E-state index in [-0.39, 0.29) is 25.8 Å². The van der Waals surface area contributed by atoms with E-state index in [1.807, 2.05) is 21.1 Å². The molecule has 0 amide bonds. The molecule has 0 fully saturated rings. The van der Waals surface area contributed by atoms with Gasteiger partial charge in [0.25, 0.3) is 0 Å². The Hall–Kier alpha value is -2.06. The molecular weight excluding hydrogens is 830 g/mol. The fourth-order valence-corrected chi connectivity index (χ4v) is 7.95. The minimum atomic E-state index is -4.29. The van der Waals surface area contributed by atoms with Crippen molar-refractivity contribution in [1.29, 1.82) is 0 Å². The lowest BCUT2D eigenvalue weighted by atomic mass is 10.0. The van der Waals surface area contributed by atoms with Crippen molar-refractivity contribution in [2.45, 2.75) is 225 Å². The van der Waals surface area contributed by atoms with Crippen molar-refractivity contribution in [3.8, 4) is 0 Å². The summed E-state index contributed by atoms with van der Waals surface area (Å²) in [7, 11) is 1.65. The lowest BCUT2D eigenvalue weighted by molar-refractivity contribution is -0.870. The average molecular weight is 933 g/mol. The molecule has 1 N–H and O–H groups in total. The molecule has 0 bridgehead atoms. The van der Waals surface area contributed by atoms with Gasteiger partial charge in [-0.25, -0.2) is 4.57 Å². The Morgan fingerprint density at radius 1 is 0.492 bits per heavy atom. The van der Waals surface area contributed by atoms with E-state index in [1.165, 1.54) is 116 Å². The van der Waals surface area contributed by atoms with Crippen molar-refractivity contribution >= 4 is 13.8 Å². The predicted octanol–water partition coefficient (Wildman–Crippen LogP) is 16.6. The van der Waals surface area contributed by atoms with Gasteiger partial charge in [0.15, 0.2) is 0 Å². The molecule has 0 aromatic carbocycles. The van der Waals surface area contributed by atoms with Crippen molar-refractivity contribution in [3.05, 3.63) is 72.9 Å². The van der Waals surface area contributed by atoms with E-state index in [2.05, 4.69) is 86.8 Å². The predicted molar refractivity (Wildman–Crippen MR) is 279 cm³/mol. The van der Waals surface area contributed by atoms with Crippen LogP contribution in [0.5, 0.6) is 0 Å². The number of hydrogen-bond donors (Lipinski definition) is 1. The molecule has 0 aromatic heterocycles. The summed E-state index contributed by atoms with van der Waals surface area (Å²) < 4.78 is 35.2. The van der Waals surface area contributed by atoms with Crippen molar-refractivity contribution in [2.75, 3.05) is 54.1 Å². The van der Waals surface area contributed by atoms with Gasteiger partial charge in [-0.2, -0.15) is 0 Å². The molecule has 0 saturated heterocycles. The fraction of sp³-hybridized carbons (Fsp3) is 0.768. The molecule has 0 saturated carbocycles. The molecule has 0 aliphatic carbocycles. The molecule has 0 aromatic rings. The van der Waals surface area contributed by atoms with E-state index >= 15 is 0 Å². The van der Waals surface area contributed by atoms with Gasteiger partial charge in [0.2, 0.25) is 0 Å². The van der Waals surface area contributed by atoms with E-state index in [1.54, 1.807) is 0 Å². The van der Waals surface area contributed by atoms with Crippen molar-refractivity contribution in [3.63, 3.8) is 0 Å². The maximum Gasteiger partial charge on any atom is 0.472 e. The van der Waals surface area contributed by atoms with Crippen LogP contribution >= 0.6 is 7.82 Å². The van der Waals surface area contributed by atoms with Crippen molar-refractivity contribution in [2.24, 2.45) is 0 Å². The highest BCUT2D eigenvalue weighted by Crippen LogP contribution is 2.43. The second-order valence-electron chi connectivity index (χ2n) is 18.9. The number of rotatable bonds is 49. The third kappa shape index (κ3) is 52.8. The summed E-state index contributed by atoms with van der Waals surface area (Å²) in [5, 5.41) is 0. The van der Waals surface area contributed by atoms with Gasteiger partial charge in [-0.3, -0.25) is 13.8 Å². The molecule has 0 rings (SSSR count). The van der Waals surface area contributed by atoms with Gasteiger partial charge in [-0.1, -0.05) is 222 Å². The Balaban J connectivity index is 4.19. The number of ether oxygens (including phenoxy) is 2. The van der Waals surface area contributed by atoms with Gasteiger partial charge in [0.05, 0.1) is 34.4 Å². The molecule has 0 spiro atoms. The molecule has 0 radical (unpaired) electrons. The second kappa shape index (κ2) is 48.4. The first-order chi connectivity index (χ1) is 31.6. The minimum Gasteiger partial charge on any atom is -0.457 e. The van der Waals surface area contributed by atoms with Gasteiger partial charge in [0.1, 0.15) is 19.3 Å². The average Bonchev–Trinajstić information content (AvgIpc) is 3.27. The van der Waals surface area contributed by atoms with Crippen LogP contribution in [-0.2, 0) is 27.9 Å². The largest absolute Gasteiger partial charge is 0.472 e. The van der Waals surface area contributed by atoms with Crippen LogP contribution in [0, 0.1) is 0 Å². The molecule has 65 heavy (non-hydrogen) atoms. The monoisotopic (exact) mass is 933 g/mol. The maximum atomic E-state index is 12.8. The van der Waals surface area contributed by atoms with Crippen LogP contribution in [0.1, 0.15) is 219 Å². The SMILES string of the molecule is CC/C=C\C/C=C\C/C=C\C/C=C\C/C=C\C/C=C\CCCCCCC(=O)OC(COCCCCCCCCCCCCCCCCCCCCCC)COP(=O)(O)OCC[N+](C)(C)C. The topological polar surface area (TPSA) is 91.3 Å². The van der Waals surface area contributed by atoms with Gasteiger partial charge < -0.3 is 18.9 Å². The minimum absolute atomic E-state index is 0.0811. The van der Waals surface area contributed by atoms with E-state index < -0.39 is 13.9 Å². The van der Waals surface area contributed by atoms with Crippen LogP contribution in [-0.4, -0.2) is 75.6 Å². The summed E-state index contributed by atoms with van der Waals surface area (Å²) >= 11 is 0. The lowest BCUT2D eigenvalue weighted by Gasteiger charge is -2.24. The second-order valence-corrected chi connectivity index (χ2v) is 20.3. The summed E-state index contributed by atoms with van der Waals surface area (Å²) in [5.74, 6) is -0.336. The maximum absolute atomic E-state index is 12.8. The molecule has 8 nitrogen and oxygen atoms in total. The van der Waals surface area contributed by atoms with Crippen LogP contribution < -0.4 is 0 Å². The summed E-state index contributed by atoms with van der Waals surface area (Å²) in [6, 6.07) is 0. The Morgan fingerprint density at radius 2 is 0.892 bits per heavy atom. The van der Waals surface area contributed by atoms with Gasteiger partial charge in [-0.15, -0.1) is 0 Å². The highest BCUT2D eigenvalue weighted by Gasteiger charge is 2.26. The van der Waals surface area contributed by atoms with E-state index in [0.29, 0.717) is 24.1 Å². The van der Waals surface area contributed by atoms with Gasteiger partial charge in [0, 0.05) is 13.0 Å². The number of unbranched alkanes of at least 4 members (excludes halogenated alkanes) is 23. The smallest absolute Gasteiger partial charge is 0.457 e. The molecule has 0 heterocycles. The zero-order valence-corrected chi connectivity index (χ0v) is 43.9. The molecule has 2 atom stereocenters. The van der Waals surface area contributed by atoms with Crippen molar-refractivity contribution in [1.82, 2.24) is 0 Å². The number of allylic oxidation sites excluding steroid dienone is 12. The number of hydrogen-bond acceptors (Lipinski definition) is 6. The third-order valence-corrected chi connectivity index (χ3v) is 12.3. The van der Waals surface area contributed by atoms with E-state index in [4.69, 9.17) is 18.5 Å². The van der Waals surface area contributed by atoms with Gasteiger partial charge >= 0.3 is 13.8 Å². The molecule has 378 valence electrons. The Kier molecular flexibility index (Phi) is 46.9. The zero-order chi connectivity index (χ0) is 47.6. The number of carbonyl (C=O) groups excluding carboxylic acids is 1. The normalized spacial score (nSPS) is 14.1. The first-order valence-corrected chi connectivity index (χ1v) is 28.2. The molecule has 0 aliphatic rings. The van der Waals surface area contributed by atoms with Crippen LogP contribution in [0.25, 0.3) is 0 Å². The van der Waals surface area contributed by atoms with Gasteiger partial charge in [-0.05, 0) is 64.2 Å². The van der Waals surface area contributed by atoms with Crippen molar-refractivity contribution < 1.29 is 37.3 Å². The summed E-state index contributed by atoms with van der Waals surface area (Å²) in [6.45, 7) is 5.50. The summed E-state index contributed by atoms with van der Waals surface area (Å²) in [6.07, 6.45) is 63.8. The summed E-state index contributed by atoms with van der Waals surface area (Å²) in [4.78, 5) is 23.0. The molecule has 2 unspecified atom stereocenters. The molecular formula is C56H103NO7P+. The van der Waals surface area contributed by atoms with E-state index in [9.17, 15) is 14.3 Å². The van der Waals surface area contributed by atoms with Crippen LogP contribution in [0.3, 0.4) is 0 Å². The highest BCUT2D eigenvalue weighted by molar-refractivity contribution is 7.47. The first kappa shape index (κ1) is 62.9. The number of phosphoric ester groups is 1. The Morgan fingerprint density at radius 3 is 1.34 bits per heavy atom. The van der Waals surface area contributed by atoms with E-state index in [0.717, 1.165) is 83.5 Å². The highest BCUT2D eigenvalue weighted by atomic mass is 31.2. The number of nitrogens with zero attached hydrogens (tertiary/aromatic N) is 1. The molecule has 0 aliphatic heterocycles. The Bertz CT molecular complexity index is 1270. The third-order valence-electron chi connectivity index (χ3n) is 11.3.